The van der Waals surface area contributed by atoms with Crippen molar-refractivity contribution in [3.05, 3.63) is 24.2 Å². The monoisotopic (exact) mass is 283 g/mol. The number of hydrogen-bond donors (Lipinski definition) is 0. The second kappa shape index (κ2) is 9.14. The van der Waals surface area contributed by atoms with Crippen LogP contribution in [0.15, 0.2) is 22.8 Å². The highest BCUT2D eigenvalue weighted by atomic mass is 16.5. The molecule has 0 aliphatic carbocycles. The van der Waals surface area contributed by atoms with Crippen LogP contribution in [0.2, 0.25) is 0 Å². The molecule has 0 aliphatic rings. The van der Waals surface area contributed by atoms with Crippen molar-refractivity contribution in [2.75, 3.05) is 33.4 Å². The fraction of sp³-hybridized carbons (Fsp3) is 0.571. The standard InChI is InChI=1S/C14H21NO5/c1-3-19-13(16)7-9-15(8-5-10-18-2)14(17)12-6-4-11-20-12/h4,6,11H,3,5,7-10H2,1-2H3. The lowest BCUT2D eigenvalue weighted by Gasteiger charge is -2.21. The first-order chi connectivity index (χ1) is 9.69. The first kappa shape index (κ1) is 16.2. The second-order valence-corrected chi connectivity index (χ2v) is 4.17. The van der Waals surface area contributed by atoms with Gasteiger partial charge in [0.1, 0.15) is 0 Å². The molecule has 1 aromatic rings. The Balaban J connectivity index is 2.55. The third kappa shape index (κ3) is 5.44. The molecule has 6 nitrogen and oxygen atoms in total. The van der Waals surface area contributed by atoms with Crippen molar-refractivity contribution < 1.29 is 23.5 Å². The molecule has 0 fully saturated rings. The molecule has 0 bridgehead atoms. The third-order valence-electron chi connectivity index (χ3n) is 2.69. The number of furan rings is 1. The minimum absolute atomic E-state index is 0.174. The molecular weight excluding hydrogens is 262 g/mol. The molecule has 0 aromatic carbocycles. The number of nitrogens with zero attached hydrogens (tertiary/aromatic N) is 1. The molecule has 1 rings (SSSR count). The van der Waals surface area contributed by atoms with Crippen LogP contribution >= 0.6 is 0 Å². The first-order valence-electron chi connectivity index (χ1n) is 6.66. The van der Waals surface area contributed by atoms with E-state index < -0.39 is 0 Å². The lowest BCUT2D eigenvalue weighted by molar-refractivity contribution is -0.143. The van der Waals surface area contributed by atoms with Crippen molar-refractivity contribution >= 4 is 11.9 Å². The Hall–Kier alpha value is -1.82. The number of esters is 1. The summed E-state index contributed by atoms with van der Waals surface area (Å²) in [4.78, 5) is 25.2. The quantitative estimate of drug-likeness (QED) is 0.510. The van der Waals surface area contributed by atoms with Gasteiger partial charge in [0, 0.05) is 26.8 Å². The van der Waals surface area contributed by atoms with Gasteiger partial charge in [0.05, 0.1) is 19.3 Å². The van der Waals surface area contributed by atoms with E-state index in [0.29, 0.717) is 32.7 Å². The van der Waals surface area contributed by atoms with Crippen LogP contribution in [0.5, 0.6) is 0 Å². The zero-order valence-corrected chi connectivity index (χ0v) is 12.0. The average molecular weight is 283 g/mol. The summed E-state index contributed by atoms with van der Waals surface area (Å²) in [6.45, 7) is 3.47. The number of carbonyl (C=O) groups excluding carboxylic acids is 2. The topological polar surface area (TPSA) is 69.0 Å². The van der Waals surface area contributed by atoms with Crippen LogP contribution in [0, 0.1) is 0 Å². The molecule has 1 aromatic heterocycles. The number of hydrogen-bond acceptors (Lipinski definition) is 5. The highest BCUT2D eigenvalue weighted by Gasteiger charge is 2.19. The maximum absolute atomic E-state index is 12.2. The van der Waals surface area contributed by atoms with Crippen molar-refractivity contribution in [3.8, 4) is 0 Å². The highest BCUT2D eigenvalue weighted by molar-refractivity contribution is 5.91. The fourth-order valence-corrected chi connectivity index (χ4v) is 1.73. The van der Waals surface area contributed by atoms with E-state index >= 15 is 0 Å². The molecule has 1 amide bonds. The summed E-state index contributed by atoms with van der Waals surface area (Å²) in [7, 11) is 1.61. The van der Waals surface area contributed by atoms with E-state index in [4.69, 9.17) is 13.9 Å². The number of amides is 1. The van der Waals surface area contributed by atoms with Gasteiger partial charge in [-0.1, -0.05) is 0 Å². The minimum atomic E-state index is -0.309. The number of rotatable bonds is 9. The van der Waals surface area contributed by atoms with Crippen LogP contribution in [-0.2, 0) is 14.3 Å². The highest BCUT2D eigenvalue weighted by Crippen LogP contribution is 2.07. The van der Waals surface area contributed by atoms with Gasteiger partial charge in [-0.15, -0.1) is 0 Å². The van der Waals surface area contributed by atoms with Gasteiger partial charge in [0.2, 0.25) is 0 Å². The Kier molecular flexibility index (Phi) is 7.42. The smallest absolute Gasteiger partial charge is 0.307 e. The molecule has 0 aliphatic heterocycles. The maximum atomic E-state index is 12.2. The predicted molar refractivity (Wildman–Crippen MR) is 72.4 cm³/mol. The third-order valence-corrected chi connectivity index (χ3v) is 2.69. The van der Waals surface area contributed by atoms with E-state index in [1.54, 1.807) is 31.1 Å². The van der Waals surface area contributed by atoms with Gasteiger partial charge >= 0.3 is 5.97 Å². The molecule has 0 saturated heterocycles. The van der Waals surface area contributed by atoms with Gasteiger partial charge in [-0.3, -0.25) is 9.59 Å². The van der Waals surface area contributed by atoms with Gasteiger partial charge in [-0.25, -0.2) is 0 Å². The number of ether oxygens (including phenoxy) is 2. The Morgan fingerprint density at radius 2 is 2.15 bits per heavy atom. The Bertz CT molecular complexity index is 402. The number of carbonyl (C=O) groups is 2. The van der Waals surface area contributed by atoms with Crippen molar-refractivity contribution in [2.24, 2.45) is 0 Å². The SMILES string of the molecule is CCOC(=O)CCN(CCCOC)C(=O)c1ccco1. The lowest BCUT2D eigenvalue weighted by Crippen LogP contribution is -2.34. The zero-order valence-electron chi connectivity index (χ0n) is 12.0. The summed E-state index contributed by atoms with van der Waals surface area (Å²) < 4.78 is 14.9. The molecule has 0 unspecified atom stereocenters. The van der Waals surface area contributed by atoms with Gasteiger partial charge in [0.15, 0.2) is 5.76 Å². The Morgan fingerprint density at radius 3 is 2.75 bits per heavy atom. The van der Waals surface area contributed by atoms with E-state index in [0.717, 1.165) is 0 Å². The van der Waals surface area contributed by atoms with Crippen LogP contribution in [0.25, 0.3) is 0 Å². The van der Waals surface area contributed by atoms with Crippen molar-refractivity contribution in [1.29, 1.82) is 0 Å². The summed E-state index contributed by atoms with van der Waals surface area (Å²) in [6, 6.07) is 3.27. The molecule has 6 heteroatoms. The van der Waals surface area contributed by atoms with E-state index in [2.05, 4.69) is 0 Å². The normalized spacial score (nSPS) is 10.3. The molecule has 1 heterocycles. The number of methoxy groups -OCH3 is 1. The van der Waals surface area contributed by atoms with Gasteiger partial charge in [0.25, 0.3) is 5.91 Å². The van der Waals surface area contributed by atoms with Gasteiger partial charge < -0.3 is 18.8 Å². The fourth-order valence-electron chi connectivity index (χ4n) is 1.73. The Morgan fingerprint density at radius 1 is 1.35 bits per heavy atom. The first-order valence-corrected chi connectivity index (χ1v) is 6.66. The van der Waals surface area contributed by atoms with E-state index in [9.17, 15) is 9.59 Å². The van der Waals surface area contributed by atoms with Crippen molar-refractivity contribution in [3.63, 3.8) is 0 Å². The molecule has 0 radical (unpaired) electrons. The average Bonchev–Trinajstić information content (AvgIpc) is 2.96. The van der Waals surface area contributed by atoms with E-state index in [1.165, 1.54) is 6.26 Å². The molecular formula is C14H21NO5. The zero-order chi connectivity index (χ0) is 14.8. The molecule has 0 saturated carbocycles. The van der Waals surface area contributed by atoms with Crippen LogP contribution < -0.4 is 0 Å². The molecule has 0 spiro atoms. The summed E-state index contributed by atoms with van der Waals surface area (Å²) in [5, 5.41) is 0. The molecule has 0 atom stereocenters. The van der Waals surface area contributed by atoms with Crippen molar-refractivity contribution in [1.82, 2.24) is 4.90 Å². The van der Waals surface area contributed by atoms with Crippen LogP contribution in [0.3, 0.4) is 0 Å². The van der Waals surface area contributed by atoms with Crippen LogP contribution in [-0.4, -0.2) is 50.2 Å². The van der Waals surface area contributed by atoms with Gasteiger partial charge in [-0.05, 0) is 25.5 Å². The van der Waals surface area contributed by atoms with E-state index in [-0.39, 0.29) is 24.1 Å². The Labute approximate surface area is 118 Å². The van der Waals surface area contributed by atoms with Crippen molar-refractivity contribution in [2.45, 2.75) is 19.8 Å². The van der Waals surface area contributed by atoms with Crippen LogP contribution in [0.4, 0.5) is 0 Å². The molecule has 0 N–H and O–H groups in total. The molecule has 20 heavy (non-hydrogen) atoms. The van der Waals surface area contributed by atoms with Crippen LogP contribution in [0.1, 0.15) is 30.3 Å². The minimum Gasteiger partial charge on any atom is -0.466 e. The largest absolute Gasteiger partial charge is 0.466 e. The summed E-state index contributed by atoms with van der Waals surface area (Å²) >= 11 is 0. The maximum Gasteiger partial charge on any atom is 0.307 e. The molecule has 112 valence electrons. The predicted octanol–water partition coefficient (Wildman–Crippen LogP) is 1.71. The second-order valence-electron chi connectivity index (χ2n) is 4.17. The summed E-state index contributed by atoms with van der Waals surface area (Å²) in [5.41, 5.74) is 0. The summed E-state index contributed by atoms with van der Waals surface area (Å²) in [5.74, 6) is -0.266. The lowest BCUT2D eigenvalue weighted by atomic mass is 10.3. The van der Waals surface area contributed by atoms with Gasteiger partial charge in [-0.2, -0.15) is 0 Å². The summed E-state index contributed by atoms with van der Waals surface area (Å²) in [6.07, 6.45) is 2.32. The van der Waals surface area contributed by atoms with E-state index in [1.807, 2.05) is 0 Å².